The van der Waals surface area contributed by atoms with Gasteiger partial charge in [-0.05, 0) is 42.5 Å². The molecule has 0 saturated carbocycles. The highest BCUT2D eigenvalue weighted by Crippen LogP contribution is 2.30. The first-order chi connectivity index (χ1) is 16.9. The highest BCUT2D eigenvalue weighted by Gasteiger charge is 2.30. The molecule has 35 heavy (non-hydrogen) atoms. The molecule has 184 valence electrons. The smallest absolute Gasteiger partial charge is 0.416 e. The molecular formula is C24H22F4N4O3. The molecule has 0 atom stereocenters. The molecule has 0 spiro atoms. The summed E-state index contributed by atoms with van der Waals surface area (Å²) in [7, 11) is 0. The first kappa shape index (κ1) is 24.1. The Balaban J connectivity index is 1.23. The van der Waals surface area contributed by atoms with Gasteiger partial charge in [0.1, 0.15) is 35.9 Å². The van der Waals surface area contributed by atoms with Gasteiger partial charge in [-0.3, -0.25) is 5.01 Å². The number of ether oxygens (including phenoxy) is 2. The number of hydrogen-bond donors (Lipinski definition) is 2. The lowest BCUT2D eigenvalue weighted by Gasteiger charge is -2.15. The predicted octanol–water partition coefficient (Wildman–Crippen LogP) is 5.15. The van der Waals surface area contributed by atoms with Crippen LogP contribution in [-0.2, 0) is 12.8 Å². The maximum atomic E-state index is 13.9. The molecule has 0 amide bonds. The van der Waals surface area contributed by atoms with E-state index in [0.29, 0.717) is 24.1 Å². The average Bonchev–Trinajstić information content (AvgIpc) is 3.52. The van der Waals surface area contributed by atoms with Gasteiger partial charge >= 0.3 is 6.18 Å². The number of hydrogen-bond acceptors (Lipinski definition) is 7. The van der Waals surface area contributed by atoms with E-state index in [4.69, 9.17) is 13.9 Å². The largest absolute Gasteiger partial charge is 0.494 e. The molecule has 0 saturated heterocycles. The molecule has 11 heteroatoms. The topological polar surface area (TPSA) is 71.8 Å². The summed E-state index contributed by atoms with van der Waals surface area (Å²) in [4.78, 5) is 4.20. The zero-order chi connectivity index (χ0) is 24.7. The molecule has 0 radical (unpaired) electrons. The van der Waals surface area contributed by atoms with Gasteiger partial charge in [0.25, 0.3) is 0 Å². The molecule has 1 aliphatic rings. The minimum absolute atomic E-state index is 0.0159. The number of rotatable bonds is 10. The van der Waals surface area contributed by atoms with Crippen molar-refractivity contribution in [2.75, 3.05) is 13.2 Å². The minimum Gasteiger partial charge on any atom is -0.494 e. The molecular weight excluding hydrogens is 468 g/mol. The number of benzene rings is 2. The Morgan fingerprint density at radius 3 is 2.49 bits per heavy atom. The minimum atomic E-state index is -4.60. The van der Waals surface area contributed by atoms with Crippen LogP contribution < -0.4 is 20.4 Å². The van der Waals surface area contributed by atoms with Crippen LogP contribution >= 0.6 is 0 Å². The summed E-state index contributed by atoms with van der Waals surface area (Å²) in [6, 6.07) is 9.48. The van der Waals surface area contributed by atoms with E-state index in [1.165, 1.54) is 18.4 Å². The Hall–Kier alpha value is -3.99. The van der Waals surface area contributed by atoms with Crippen molar-refractivity contribution in [1.29, 1.82) is 0 Å². The molecule has 1 aromatic heterocycles. The van der Waals surface area contributed by atoms with E-state index >= 15 is 0 Å². The summed E-state index contributed by atoms with van der Waals surface area (Å²) < 4.78 is 68.6. The predicted molar refractivity (Wildman–Crippen MR) is 120 cm³/mol. The zero-order valence-corrected chi connectivity index (χ0v) is 18.4. The molecule has 4 rings (SSSR count). The molecule has 0 unspecified atom stereocenters. The molecule has 0 aliphatic carbocycles. The number of nitrogens with one attached hydrogen (secondary N) is 2. The number of hydrazine groups is 2. The molecule has 7 nitrogen and oxygen atoms in total. The lowest BCUT2D eigenvalue weighted by atomic mass is 10.1. The second-order valence-corrected chi connectivity index (χ2v) is 7.47. The zero-order valence-electron chi connectivity index (χ0n) is 18.4. The third-order valence-electron chi connectivity index (χ3n) is 4.87. The van der Waals surface area contributed by atoms with E-state index in [1.54, 1.807) is 30.5 Å². The fraction of sp³-hybridized carbons (Fsp3) is 0.208. The van der Waals surface area contributed by atoms with Gasteiger partial charge in [-0.15, -0.1) is 5.53 Å². The van der Waals surface area contributed by atoms with Crippen molar-refractivity contribution >= 4 is 12.2 Å². The van der Waals surface area contributed by atoms with E-state index in [0.717, 1.165) is 30.8 Å². The summed E-state index contributed by atoms with van der Waals surface area (Å²) in [6.45, 7) is 1.51. The molecule has 2 heterocycles. The van der Waals surface area contributed by atoms with Crippen molar-refractivity contribution in [3.05, 3.63) is 89.7 Å². The molecule has 0 bridgehead atoms. The maximum absolute atomic E-state index is 13.9. The Kier molecular flexibility index (Phi) is 7.56. The number of aromatic nitrogens is 1. The Morgan fingerprint density at radius 1 is 1.03 bits per heavy atom. The van der Waals surface area contributed by atoms with Gasteiger partial charge in [0.15, 0.2) is 0 Å². The van der Waals surface area contributed by atoms with Crippen LogP contribution in [0.15, 0.2) is 65.5 Å². The van der Waals surface area contributed by atoms with Crippen LogP contribution in [0.2, 0.25) is 0 Å². The Bertz CT molecular complexity index is 1180. The summed E-state index contributed by atoms with van der Waals surface area (Å²) in [6.07, 6.45) is 3.99. The highest BCUT2D eigenvalue weighted by molar-refractivity contribution is 5.66. The fourth-order valence-electron chi connectivity index (χ4n) is 3.09. The third-order valence-corrected chi connectivity index (χ3v) is 4.87. The second kappa shape index (κ2) is 11.0. The average molecular weight is 490 g/mol. The lowest BCUT2D eigenvalue weighted by molar-refractivity contribution is -0.137. The van der Waals surface area contributed by atoms with Crippen LogP contribution in [0.5, 0.6) is 11.5 Å². The van der Waals surface area contributed by atoms with Gasteiger partial charge in [0, 0.05) is 37.0 Å². The van der Waals surface area contributed by atoms with E-state index in [1.807, 2.05) is 11.2 Å². The first-order valence-electron chi connectivity index (χ1n) is 10.7. The number of alkyl halides is 3. The first-order valence-corrected chi connectivity index (χ1v) is 10.7. The normalized spacial score (nSPS) is 13.4. The van der Waals surface area contributed by atoms with E-state index in [9.17, 15) is 17.6 Å². The van der Waals surface area contributed by atoms with Crippen LogP contribution in [0.4, 0.5) is 17.6 Å². The van der Waals surface area contributed by atoms with Crippen molar-refractivity contribution in [3.8, 4) is 11.5 Å². The maximum Gasteiger partial charge on any atom is 0.416 e. The van der Waals surface area contributed by atoms with Gasteiger partial charge in [-0.2, -0.15) is 13.2 Å². The van der Waals surface area contributed by atoms with E-state index in [2.05, 4.69) is 15.9 Å². The quantitative estimate of drug-likeness (QED) is 0.301. The Labute approximate surface area is 198 Å². The van der Waals surface area contributed by atoms with E-state index in [-0.39, 0.29) is 18.1 Å². The van der Waals surface area contributed by atoms with Gasteiger partial charge in [0.05, 0.1) is 12.2 Å². The van der Waals surface area contributed by atoms with Crippen molar-refractivity contribution in [3.63, 3.8) is 0 Å². The van der Waals surface area contributed by atoms with Gasteiger partial charge in [0.2, 0.25) is 5.89 Å². The van der Waals surface area contributed by atoms with Crippen LogP contribution in [-0.4, -0.2) is 23.1 Å². The summed E-state index contributed by atoms with van der Waals surface area (Å²) in [5, 5.41) is 1.92. The van der Waals surface area contributed by atoms with Crippen molar-refractivity contribution in [2.24, 2.45) is 0 Å². The fourth-order valence-corrected chi connectivity index (χ4v) is 3.09. The molecule has 3 aromatic rings. The van der Waals surface area contributed by atoms with Gasteiger partial charge < -0.3 is 19.3 Å². The summed E-state index contributed by atoms with van der Waals surface area (Å²) in [5.74, 6) is 0.519. The van der Waals surface area contributed by atoms with E-state index < -0.39 is 17.6 Å². The van der Waals surface area contributed by atoms with Crippen LogP contribution in [0.25, 0.3) is 12.2 Å². The second-order valence-electron chi connectivity index (χ2n) is 7.47. The SMILES string of the molecule is Fc1cc(C(F)(F)F)ccc1/C=C/c1nc(COc2ccc(OCCCN3C=CNN3)cc2)co1. The summed E-state index contributed by atoms with van der Waals surface area (Å²) in [5.41, 5.74) is 5.25. The third kappa shape index (κ3) is 7.00. The van der Waals surface area contributed by atoms with Crippen LogP contribution in [0, 0.1) is 5.82 Å². The molecule has 0 fully saturated rings. The van der Waals surface area contributed by atoms with Crippen molar-refractivity contribution < 1.29 is 31.5 Å². The number of oxazole rings is 1. The van der Waals surface area contributed by atoms with Crippen molar-refractivity contribution in [2.45, 2.75) is 19.2 Å². The number of halogens is 4. The van der Waals surface area contributed by atoms with Gasteiger partial charge in [-0.25, -0.2) is 9.37 Å². The lowest BCUT2D eigenvalue weighted by Crippen LogP contribution is -2.36. The van der Waals surface area contributed by atoms with Crippen LogP contribution in [0.3, 0.4) is 0 Å². The van der Waals surface area contributed by atoms with Crippen molar-refractivity contribution in [1.82, 2.24) is 21.0 Å². The number of nitrogens with zero attached hydrogens (tertiary/aromatic N) is 2. The summed E-state index contributed by atoms with van der Waals surface area (Å²) >= 11 is 0. The van der Waals surface area contributed by atoms with Gasteiger partial charge in [-0.1, -0.05) is 6.07 Å². The molecule has 2 aromatic carbocycles. The van der Waals surface area contributed by atoms with Crippen LogP contribution in [0.1, 0.15) is 29.1 Å². The monoisotopic (exact) mass is 490 g/mol. The Morgan fingerprint density at radius 2 is 1.80 bits per heavy atom. The highest BCUT2D eigenvalue weighted by atomic mass is 19.4. The molecule has 1 aliphatic heterocycles. The standard InChI is InChI=1S/C24H22F4N4O3/c25-22-14-18(24(26,27)28)4-2-17(22)3-9-23-30-19(16-35-23)15-34-21-7-5-20(6-8-21)33-13-1-11-32-12-10-29-31-32/h2-10,12,14,16,29,31H,1,11,13,15H2/b9-3+. The molecule has 2 N–H and O–H groups in total.